The molecule has 0 aliphatic carbocycles. The minimum Gasteiger partial charge on any atom is -0.301 e. The molecule has 2 nitrogen and oxygen atoms in total. The normalized spacial score (nSPS) is 30.8. The van der Waals surface area contributed by atoms with Crippen molar-refractivity contribution in [3.8, 4) is 0 Å². The van der Waals surface area contributed by atoms with Crippen molar-refractivity contribution in [2.75, 3.05) is 38.6 Å². The van der Waals surface area contributed by atoms with E-state index in [4.69, 9.17) is 11.6 Å². The molecule has 0 radical (unpaired) electrons. The molecule has 0 spiro atoms. The zero-order chi connectivity index (χ0) is 11.4. The number of likely N-dealkylation sites (tertiary alicyclic amines) is 2. The summed E-state index contributed by atoms with van der Waals surface area (Å²) in [6, 6.07) is 0.836. The molecule has 16 heavy (non-hydrogen) atoms. The Morgan fingerprint density at radius 2 is 1.94 bits per heavy atom. The lowest BCUT2D eigenvalue weighted by molar-refractivity contribution is 0.160. The predicted octanol–water partition coefficient (Wildman–Crippen LogP) is 2.42. The lowest BCUT2D eigenvalue weighted by Crippen LogP contribution is -2.41. The van der Waals surface area contributed by atoms with Gasteiger partial charge in [0.2, 0.25) is 0 Å². The Hall–Kier alpha value is 0.210. The molecule has 2 aliphatic rings. The van der Waals surface area contributed by atoms with Crippen LogP contribution in [0, 0.1) is 5.92 Å². The van der Waals surface area contributed by atoms with Crippen LogP contribution in [0.4, 0.5) is 0 Å². The highest BCUT2D eigenvalue weighted by atomic mass is 35.5. The first-order valence-corrected chi connectivity index (χ1v) is 7.35. The first kappa shape index (κ1) is 12.7. The number of nitrogens with zero attached hydrogens (tertiary/aromatic N) is 2. The molecule has 0 saturated carbocycles. The van der Waals surface area contributed by atoms with E-state index in [2.05, 4.69) is 16.7 Å². The van der Waals surface area contributed by atoms with Crippen LogP contribution in [0.2, 0.25) is 0 Å². The van der Waals surface area contributed by atoms with Crippen molar-refractivity contribution < 1.29 is 0 Å². The molecule has 2 heterocycles. The second-order valence-electron chi connectivity index (χ2n) is 5.56. The number of alkyl halides is 1. The monoisotopic (exact) mass is 244 g/mol. The highest BCUT2D eigenvalue weighted by Crippen LogP contribution is 2.20. The number of rotatable bonds is 4. The van der Waals surface area contributed by atoms with Crippen LogP contribution >= 0.6 is 11.6 Å². The van der Waals surface area contributed by atoms with Crippen molar-refractivity contribution in [3.63, 3.8) is 0 Å². The predicted molar refractivity (Wildman–Crippen MR) is 70.2 cm³/mol. The number of hydrogen-bond donors (Lipinski definition) is 0. The Labute approximate surface area is 105 Å². The third kappa shape index (κ3) is 3.35. The molecule has 2 fully saturated rings. The fourth-order valence-corrected chi connectivity index (χ4v) is 3.15. The van der Waals surface area contributed by atoms with E-state index in [9.17, 15) is 0 Å². The first-order chi connectivity index (χ1) is 7.79. The fraction of sp³-hybridized carbons (Fsp3) is 1.00. The van der Waals surface area contributed by atoms with E-state index in [1.54, 1.807) is 0 Å². The van der Waals surface area contributed by atoms with Gasteiger partial charge in [-0.3, -0.25) is 4.90 Å². The van der Waals surface area contributed by atoms with Gasteiger partial charge in [-0.1, -0.05) is 13.3 Å². The number of piperidine rings is 1. The van der Waals surface area contributed by atoms with Gasteiger partial charge >= 0.3 is 0 Å². The zero-order valence-corrected chi connectivity index (χ0v) is 11.3. The molecule has 0 aromatic heterocycles. The summed E-state index contributed by atoms with van der Waals surface area (Å²) < 4.78 is 0. The van der Waals surface area contributed by atoms with Crippen LogP contribution in [-0.4, -0.2) is 54.4 Å². The Morgan fingerprint density at radius 3 is 2.62 bits per heavy atom. The minimum atomic E-state index is 0.641. The molecule has 2 aliphatic heterocycles. The molecule has 2 rings (SSSR count). The van der Waals surface area contributed by atoms with Crippen molar-refractivity contribution in [3.05, 3.63) is 0 Å². The third-order valence-corrected chi connectivity index (χ3v) is 4.51. The molecule has 0 N–H and O–H groups in total. The third-order valence-electron chi connectivity index (χ3n) is 3.99. The molecular weight excluding hydrogens is 220 g/mol. The van der Waals surface area contributed by atoms with Gasteiger partial charge in [-0.15, -0.1) is 11.6 Å². The topological polar surface area (TPSA) is 6.48 Å². The van der Waals surface area contributed by atoms with E-state index in [0.29, 0.717) is 5.92 Å². The molecular formula is C13H25ClN2. The van der Waals surface area contributed by atoms with Gasteiger partial charge in [0.1, 0.15) is 0 Å². The quantitative estimate of drug-likeness (QED) is 0.701. The minimum absolute atomic E-state index is 0.641. The average Bonchev–Trinajstić information content (AvgIpc) is 2.78. The molecule has 0 aromatic rings. The summed E-state index contributed by atoms with van der Waals surface area (Å²) in [5.74, 6) is 1.44. The molecule has 0 aromatic carbocycles. The molecule has 0 bridgehead atoms. The van der Waals surface area contributed by atoms with Crippen LogP contribution < -0.4 is 0 Å². The van der Waals surface area contributed by atoms with E-state index in [0.717, 1.165) is 11.9 Å². The lowest BCUT2D eigenvalue weighted by atomic mass is 10.1. The van der Waals surface area contributed by atoms with Gasteiger partial charge in [-0.25, -0.2) is 0 Å². The summed E-state index contributed by atoms with van der Waals surface area (Å²) in [4.78, 5) is 5.32. The highest BCUT2D eigenvalue weighted by molar-refractivity contribution is 6.18. The van der Waals surface area contributed by atoms with E-state index in [1.165, 1.54) is 58.4 Å². The number of hydrogen-bond acceptors (Lipinski definition) is 2. The van der Waals surface area contributed by atoms with E-state index in [1.807, 2.05) is 0 Å². The largest absolute Gasteiger partial charge is 0.301 e. The smallest absolute Gasteiger partial charge is 0.0261 e. The molecule has 2 atom stereocenters. The van der Waals surface area contributed by atoms with Gasteiger partial charge in [0.25, 0.3) is 0 Å². The van der Waals surface area contributed by atoms with E-state index < -0.39 is 0 Å². The highest BCUT2D eigenvalue weighted by Gasteiger charge is 2.28. The summed E-state index contributed by atoms with van der Waals surface area (Å²) in [6.07, 6.45) is 5.63. The number of halogens is 1. The van der Waals surface area contributed by atoms with Crippen LogP contribution in [-0.2, 0) is 0 Å². The maximum Gasteiger partial charge on any atom is 0.0261 e. The van der Waals surface area contributed by atoms with Crippen LogP contribution in [0.15, 0.2) is 0 Å². The van der Waals surface area contributed by atoms with Crippen molar-refractivity contribution in [1.82, 2.24) is 9.80 Å². The van der Waals surface area contributed by atoms with Crippen LogP contribution in [0.3, 0.4) is 0 Å². The van der Waals surface area contributed by atoms with Gasteiger partial charge in [0.05, 0.1) is 0 Å². The summed E-state index contributed by atoms with van der Waals surface area (Å²) in [7, 11) is 0. The van der Waals surface area contributed by atoms with Gasteiger partial charge in [-0.2, -0.15) is 0 Å². The Morgan fingerprint density at radius 1 is 1.19 bits per heavy atom. The second kappa shape index (κ2) is 6.23. The maximum absolute atomic E-state index is 5.88. The van der Waals surface area contributed by atoms with Crippen LogP contribution in [0.25, 0.3) is 0 Å². The van der Waals surface area contributed by atoms with Gasteiger partial charge in [0, 0.05) is 25.0 Å². The van der Waals surface area contributed by atoms with Crippen molar-refractivity contribution in [2.24, 2.45) is 5.92 Å². The fourth-order valence-electron chi connectivity index (χ4n) is 3.05. The molecule has 0 amide bonds. The Kier molecular flexibility index (Phi) is 4.93. The molecule has 2 unspecified atom stereocenters. The summed E-state index contributed by atoms with van der Waals surface area (Å²) in [5.41, 5.74) is 0. The maximum atomic E-state index is 5.88. The molecule has 2 saturated heterocycles. The van der Waals surface area contributed by atoms with Crippen LogP contribution in [0.5, 0.6) is 0 Å². The van der Waals surface area contributed by atoms with Gasteiger partial charge in [-0.05, 0) is 44.8 Å². The van der Waals surface area contributed by atoms with Crippen LogP contribution in [0.1, 0.15) is 32.6 Å². The summed E-state index contributed by atoms with van der Waals surface area (Å²) >= 11 is 5.88. The molecule has 3 heteroatoms. The van der Waals surface area contributed by atoms with Crippen molar-refractivity contribution in [1.29, 1.82) is 0 Å². The van der Waals surface area contributed by atoms with Gasteiger partial charge < -0.3 is 4.90 Å². The van der Waals surface area contributed by atoms with Crippen molar-refractivity contribution in [2.45, 2.75) is 38.6 Å². The second-order valence-corrected chi connectivity index (χ2v) is 5.87. The van der Waals surface area contributed by atoms with Crippen molar-refractivity contribution >= 4 is 11.6 Å². The van der Waals surface area contributed by atoms with Gasteiger partial charge in [0.15, 0.2) is 0 Å². The van der Waals surface area contributed by atoms with E-state index in [-0.39, 0.29) is 0 Å². The Bertz CT molecular complexity index is 204. The lowest BCUT2D eigenvalue weighted by Gasteiger charge is -2.32. The Balaban J connectivity index is 1.74. The summed E-state index contributed by atoms with van der Waals surface area (Å²) in [5, 5.41) is 0. The first-order valence-electron chi connectivity index (χ1n) is 6.82. The standard InChI is InChI=1S/C13H25ClN2/c1-12(9-14)10-15-8-5-13(11-15)16-6-3-2-4-7-16/h12-13H,2-11H2,1H3. The molecule has 94 valence electrons. The summed E-state index contributed by atoms with van der Waals surface area (Å²) in [6.45, 7) is 8.67. The SMILES string of the molecule is CC(CCl)CN1CCC(N2CCCCC2)C1. The van der Waals surface area contributed by atoms with E-state index >= 15 is 0 Å². The zero-order valence-electron chi connectivity index (χ0n) is 10.5. The average molecular weight is 245 g/mol.